The molecule has 39 heavy (non-hydrogen) atoms. The summed E-state index contributed by atoms with van der Waals surface area (Å²) in [5, 5.41) is 13.1. The molecule has 1 N–H and O–H groups in total. The number of allylic oxidation sites excluding steroid dienone is 3. The summed E-state index contributed by atoms with van der Waals surface area (Å²) in [6.07, 6.45) is -0.149. The zero-order valence-electron chi connectivity index (χ0n) is 22.1. The van der Waals surface area contributed by atoms with E-state index in [1.165, 1.54) is 0 Å². The number of nitriles is 1. The van der Waals surface area contributed by atoms with E-state index in [1.807, 2.05) is 37.3 Å². The molecule has 2 atom stereocenters. The third-order valence-electron chi connectivity index (χ3n) is 7.01. The quantitative estimate of drug-likeness (QED) is 0.274. The number of imide groups is 1. The van der Waals surface area contributed by atoms with E-state index in [0.717, 1.165) is 21.7 Å². The Labute approximate surface area is 232 Å². The SMILES string of the molecule is COCCCC1=C(C)NC(C)=C(C(=O)OC2CC(=O)N(Cc3ccccc3)C2=O)[C@@H]1c1cccc(C#N)c1Cl. The van der Waals surface area contributed by atoms with Crippen LogP contribution in [-0.4, -0.2) is 42.5 Å². The molecular weight excluding hydrogens is 518 g/mol. The summed E-state index contributed by atoms with van der Waals surface area (Å²) < 4.78 is 11.0. The molecule has 1 fully saturated rings. The first-order valence-corrected chi connectivity index (χ1v) is 13.1. The second-order valence-corrected chi connectivity index (χ2v) is 9.94. The van der Waals surface area contributed by atoms with Gasteiger partial charge in [0.15, 0.2) is 6.10 Å². The van der Waals surface area contributed by atoms with Crippen molar-refractivity contribution in [2.45, 2.75) is 51.7 Å². The smallest absolute Gasteiger partial charge is 0.337 e. The van der Waals surface area contributed by atoms with Gasteiger partial charge in [-0.1, -0.05) is 54.1 Å². The highest BCUT2D eigenvalue weighted by Gasteiger charge is 2.43. The number of nitrogens with one attached hydrogen (secondary N) is 1. The Hall–Kier alpha value is -3.93. The molecule has 2 heterocycles. The summed E-state index contributed by atoms with van der Waals surface area (Å²) in [6, 6.07) is 16.4. The lowest BCUT2D eigenvalue weighted by Crippen LogP contribution is -2.35. The third-order valence-corrected chi connectivity index (χ3v) is 7.43. The minimum Gasteiger partial charge on any atom is -0.448 e. The zero-order valence-corrected chi connectivity index (χ0v) is 22.9. The van der Waals surface area contributed by atoms with E-state index in [-0.39, 0.29) is 23.6 Å². The highest BCUT2D eigenvalue weighted by molar-refractivity contribution is 6.32. The molecule has 202 valence electrons. The van der Waals surface area contributed by atoms with Crippen molar-refractivity contribution in [1.29, 1.82) is 5.26 Å². The Morgan fingerprint density at radius 3 is 2.56 bits per heavy atom. The molecule has 0 aliphatic carbocycles. The topological polar surface area (TPSA) is 109 Å². The molecule has 0 saturated carbocycles. The Kier molecular flexibility index (Phi) is 8.85. The minimum absolute atomic E-state index is 0.112. The van der Waals surface area contributed by atoms with Gasteiger partial charge < -0.3 is 14.8 Å². The Morgan fingerprint density at radius 2 is 1.87 bits per heavy atom. The maximum Gasteiger partial charge on any atom is 0.337 e. The van der Waals surface area contributed by atoms with Gasteiger partial charge in [0.25, 0.3) is 5.91 Å². The number of rotatable bonds is 9. The first-order valence-electron chi connectivity index (χ1n) is 12.7. The fourth-order valence-electron chi connectivity index (χ4n) is 5.12. The average Bonchev–Trinajstić information content (AvgIpc) is 3.17. The van der Waals surface area contributed by atoms with Crippen molar-refractivity contribution >= 4 is 29.4 Å². The molecule has 0 radical (unpaired) electrons. The number of benzene rings is 2. The van der Waals surface area contributed by atoms with E-state index in [1.54, 1.807) is 32.2 Å². The first-order chi connectivity index (χ1) is 18.8. The molecule has 9 heteroatoms. The number of likely N-dealkylation sites (tertiary alicyclic amines) is 1. The summed E-state index contributed by atoms with van der Waals surface area (Å²) in [7, 11) is 1.62. The number of dihydropyridines is 1. The van der Waals surface area contributed by atoms with Crippen LogP contribution in [0.25, 0.3) is 0 Å². The highest BCUT2D eigenvalue weighted by Crippen LogP contribution is 2.44. The van der Waals surface area contributed by atoms with Crippen molar-refractivity contribution in [2.75, 3.05) is 13.7 Å². The summed E-state index contributed by atoms with van der Waals surface area (Å²) in [4.78, 5) is 40.7. The number of hydrogen-bond acceptors (Lipinski definition) is 7. The monoisotopic (exact) mass is 547 g/mol. The van der Waals surface area contributed by atoms with Gasteiger partial charge >= 0.3 is 5.97 Å². The van der Waals surface area contributed by atoms with Crippen LogP contribution in [0.1, 0.15) is 55.7 Å². The van der Waals surface area contributed by atoms with E-state index in [0.29, 0.717) is 36.3 Å². The average molecular weight is 548 g/mol. The molecule has 0 spiro atoms. The Balaban J connectivity index is 1.65. The molecular formula is C30H30ClN3O5. The zero-order chi connectivity index (χ0) is 28.1. The Bertz CT molecular complexity index is 1390. The van der Waals surface area contributed by atoms with Crippen LogP contribution in [0, 0.1) is 11.3 Å². The molecule has 0 aromatic heterocycles. The van der Waals surface area contributed by atoms with Gasteiger partial charge in [0.1, 0.15) is 6.07 Å². The van der Waals surface area contributed by atoms with Crippen molar-refractivity contribution in [1.82, 2.24) is 10.2 Å². The second kappa shape index (κ2) is 12.3. The summed E-state index contributed by atoms with van der Waals surface area (Å²) >= 11 is 6.67. The van der Waals surface area contributed by atoms with Crippen LogP contribution in [0.3, 0.4) is 0 Å². The van der Waals surface area contributed by atoms with Crippen LogP contribution in [0.2, 0.25) is 5.02 Å². The number of carbonyl (C=O) groups is 3. The van der Waals surface area contributed by atoms with Gasteiger partial charge in [-0.25, -0.2) is 4.79 Å². The first kappa shape index (κ1) is 28.1. The molecule has 2 aromatic rings. The van der Waals surface area contributed by atoms with E-state index in [9.17, 15) is 19.6 Å². The van der Waals surface area contributed by atoms with Crippen LogP contribution < -0.4 is 5.32 Å². The maximum atomic E-state index is 13.8. The van der Waals surface area contributed by atoms with Gasteiger partial charge in [-0.15, -0.1) is 0 Å². The van der Waals surface area contributed by atoms with Gasteiger partial charge in [0.2, 0.25) is 5.91 Å². The molecule has 2 aromatic carbocycles. The molecule has 2 aliphatic heterocycles. The van der Waals surface area contributed by atoms with Gasteiger partial charge in [-0.2, -0.15) is 5.26 Å². The molecule has 1 unspecified atom stereocenters. The molecule has 8 nitrogen and oxygen atoms in total. The van der Waals surface area contributed by atoms with Crippen molar-refractivity contribution in [3.63, 3.8) is 0 Å². The van der Waals surface area contributed by atoms with E-state index >= 15 is 0 Å². The van der Waals surface area contributed by atoms with Crippen LogP contribution >= 0.6 is 11.6 Å². The van der Waals surface area contributed by atoms with Gasteiger partial charge in [-0.3, -0.25) is 14.5 Å². The van der Waals surface area contributed by atoms with Crippen LogP contribution in [-0.2, 0) is 30.4 Å². The largest absolute Gasteiger partial charge is 0.448 e. The van der Waals surface area contributed by atoms with Crippen molar-refractivity contribution < 1.29 is 23.9 Å². The van der Waals surface area contributed by atoms with Gasteiger partial charge in [-0.05, 0) is 49.5 Å². The third kappa shape index (κ3) is 5.90. The maximum absolute atomic E-state index is 13.8. The highest BCUT2D eigenvalue weighted by atomic mass is 35.5. The summed E-state index contributed by atoms with van der Waals surface area (Å²) in [5.41, 5.74) is 4.29. The van der Waals surface area contributed by atoms with Crippen LogP contribution in [0.4, 0.5) is 0 Å². The second-order valence-electron chi connectivity index (χ2n) is 9.57. The number of ether oxygens (including phenoxy) is 2. The normalized spacial score (nSPS) is 19.3. The number of hydrogen-bond donors (Lipinski definition) is 1. The van der Waals surface area contributed by atoms with E-state index < -0.39 is 29.8 Å². The van der Waals surface area contributed by atoms with E-state index in [4.69, 9.17) is 21.1 Å². The molecule has 2 aliphatic rings. The number of esters is 1. The lowest BCUT2D eigenvalue weighted by molar-refractivity contribution is -0.153. The number of carbonyl (C=O) groups excluding carboxylic acids is 3. The number of nitrogens with zero attached hydrogens (tertiary/aromatic N) is 2. The Morgan fingerprint density at radius 1 is 1.13 bits per heavy atom. The van der Waals surface area contributed by atoms with E-state index in [2.05, 4.69) is 11.4 Å². The standard InChI is InChI=1S/C30H30ClN3O5/c1-18-22(13-8-14-38-3)27(23-12-7-11-21(16-32)28(23)31)26(19(2)33-18)30(37)39-24-15-25(35)34(29(24)36)17-20-9-5-4-6-10-20/h4-7,9-12,24,27,33H,8,13-15,17H2,1-3H3/t24?,27-/m0/s1. The lowest BCUT2D eigenvalue weighted by Gasteiger charge is -2.32. The summed E-state index contributed by atoms with van der Waals surface area (Å²) in [6.45, 7) is 4.31. The summed E-state index contributed by atoms with van der Waals surface area (Å²) in [5.74, 6) is -2.27. The predicted molar refractivity (Wildman–Crippen MR) is 145 cm³/mol. The molecule has 4 rings (SSSR count). The van der Waals surface area contributed by atoms with Gasteiger partial charge in [0.05, 0.1) is 29.1 Å². The lowest BCUT2D eigenvalue weighted by atomic mass is 9.78. The fourth-order valence-corrected chi connectivity index (χ4v) is 5.40. The van der Waals surface area contributed by atoms with Gasteiger partial charge in [0, 0.05) is 31.0 Å². The van der Waals surface area contributed by atoms with Crippen molar-refractivity contribution in [3.05, 3.63) is 92.8 Å². The molecule has 1 saturated heterocycles. The minimum atomic E-state index is -1.22. The number of halogens is 1. The van der Waals surface area contributed by atoms with Crippen molar-refractivity contribution in [2.24, 2.45) is 0 Å². The molecule has 2 amide bonds. The fraction of sp³-hybridized carbons (Fsp3) is 0.333. The predicted octanol–water partition coefficient (Wildman–Crippen LogP) is 4.74. The van der Waals surface area contributed by atoms with Crippen LogP contribution in [0.15, 0.2) is 71.1 Å². The molecule has 0 bridgehead atoms. The number of amides is 2. The van der Waals surface area contributed by atoms with Crippen molar-refractivity contribution in [3.8, 4) is 6.07 Å². The number of methoxy groups -OCH3 is 1. The van der Waals surface area contributed by atoms with Crippen LogP contribution in [0.5, 0.6) is 0 Å².